The average molecular weight is 325 g/mol. The highest BCUT2D eigenvalue weighted by Gasteiger charge is 2.22. The van der Waals surface area contributed by atoms with Crippen molar-refractivity contribution in [2.75, 3.05) is 18.0 Å². The number of anilines is 1. The van der Waals surface area contributed by atoms with Crippen LogP contribution in [0.5, 0.6) is 0 Å². The molecule has 19 heavy (non-hydrogen) atoms. The van der Waals surface area contributed by atoms with E-state index in [1.165, 1.54) is 0 Å². The molecule has 0 aromatic heterocycles. The van der Waals surface area contributed by atoms with E-state index in [0.29, 0.717) is 17.9 Å². The predicted octanol–water partition coefficient (Wildman–Crippen LogP) is 2.35. The van der Waals surface area contributed by atoms with Gasteiger partial charge in [0.2, 0.25) is 5.91 Å². The molecule has 0 saturated carbocycles. The first-order chi connectivity index (χ1) is 9.10. The molecule has 0 spiro atoms. The lowest BCUT2D eigenvalue weighted by Gasteiger charge is -2.34. The minimum Gasteiger partial charge on any atom is -0.371 e. The van der Waals surface area contributed by atoms with Gasteiger partial charge in [0.15, 0.2) is 6.29 Å². The van der Waals surface area contributed by atoms with Crippen molar-refractivity contribution in [2.45, 2.75) is 19.3 Å². The zero-order valence-corrected chi connectivity index (χ0v) is 12.2. The van der Waals surface area contributed by atoms with Gasteiger partial charge < -0.3 is 10.6 Å². The highest BCUT2D eigenvalue weighted by atomic mass is 79.9. The van der Waals surface area contributed by atoms with Crippen molar-refractivity contribution in [1.82, 2.24) is 0 Å². The lowest BCUT2D eigenvalue weighted by molar-refractivity contribution is -0.119. The highest BCUT2D eigenvalue weighted by molar-refractivity contribution is 9.10. The van der Waals surface area contributed by atoms with Crippen molar-refractivity contribution in [3.8, 4) is 0 Å². The number of carbonyl (C=O) groups is 2. The Kier molecular flexibility index (Phi) is 4.58. The summed E-state index contributed by atoms with van der Waals surface area (Å²) >= 11 is 3.43. The molecule has 4 nitrogen and oxygen atoms in total. The summed E-state index contributed by atoms with van der Waals surface area (Å²) in [5.41, 5.74) is 6.89. The van der Waals surface area contributed by atoms with Crippen molar-refractivity contribution in [3.63, 3.8) is 0 Å². The fourth-order valence-electron chi connectivity index (χ4n) is 2.55. The van der Waals surface area contributed by atoms with Crippen molar-refractivity contribution >= 4 is 33.8 Å². The van der Waals surface area contributed by atoms with Crippen LogP contribution in [0.15, 0.2) is 22.7 Å². The molecule has 1 aliphatic rings. The van der Waals surface area contributed by atoms with Crippen LogP contribution < -0.4 is 10.6 Å². The van der Waals surface area contributed by atoms with E-state index in [1.54, 1.807) is 0 Å². The molecule has 0 radical (unpaired) electrons. The Balaban J connectivity index is 2.07. The van der Waals surface area contributed by atoms with Crippen molar-refractivity contribution < 1.29 is 9.59 Å². The van der Waals surface area contributed by atoms with Crippen molar-refractivity contribution in [1.29, 1.82) is 0 Å². The Morgan fingerprint density at radius 1 is 1.42 bits per heavy atom. The van der Waals surface area contributed by atoms with Crippen LogP contribution in [0.3, 0.4) is 0 Å². The molecule has 1 aliphatic heterocycles. The van der Waals surface area contributed by atoms with E-state index in [2.05, 4.69) is 20.8 Å². The number of hydrogen-bond acceptors (Lipinski definition) is 3. The van der Waals surface area contributed by atoms with Crippen LogP contribution in [-0.2, 0) is 4.79 Å². The molecule has 1 aromatic carbocycles. The average Bonchev–Trinajstić information content (AvgIpc) is 2.39. The van der Waals surface area contributed by atoms with Crippen LogP contribution in [-0.4, -0.2) is 25.3 Å². The third-order valence-corrected chi connectivity index (χ3v) is 4.06. The number of aldehydes is 1. The zero-order chi connectivity index (χ0) is 13.8. The van der Waals surface area contributed by atoms with E-state index in [9.17, 15) is 9.59 Å². The minimum absolute atomic E-state index is 0.227. The summed E-state index contributed by atoms with van der Waals surface area (Å²) in [6, 6.07) is 5.66. The molecule has 5 heteroatoms. The first kappa shape index (κ1) is 14.1. The van der Waals surface area contributed by atoms with Crippen LogP contribution >= 0.6 is 15.9 Å². The molecular weight excluding hydrogens is 308 g/mol. The Morgan fingerprint density at radius 3 is 2.68 bits per heavy atom. The Morgan fingerprint density at radius 2 is 2.11 bits per heavy atom. The Hall–Kier alpha value is -1.36. The molecule has 2 N–H and O–H groups in total. The van der Waals surface area contributed by atoms with Gasteiger partial charge in [-0.25, -0.2) is 0 Å². The summed E-state index contributed by atoms with van der Waals surface area (Å²) < 4.78 is 0.965. The van der Waals surface area contributed by atoms with E-state index in [1.807, 2.05) is 18.2 Å². The molecule has 1 amide bonds. The van der Waals surface area contributed by atoms with Gasteiger partial charge in [0.05, 0.1) is 0 Å². The van der Waals surface area contributed by atoms with Crippen LogP contribution in [0, 0.1) is 5.92 Å². The fourth-order valence-corrected chi connectivity index (χ4v) is 2.90. The van der Waals surface area contributed by atoms with Gasteiger partial charge in [-0.05, 0) is 37.0 Å². The Bertz CT molecular complexity index is 482. The van der Waals surface area contributed by atoms with Gasteiger partial charge in [0, 0.05) is 35.2 Å². The summed E-state index contributed by atoms with van der Waals surface area (Å²) in [5.74, 6) is 0.148. The molecule has 0 bridgehead atoms. The first-order valence-corrected chi connectivity index (χ1v) is 7.17. The van der Waals surface area contributed by atoms with E-state index in [4.69, 9.17) is 5.73 Å². The van der Waals surface area contributed by atoms with E-state index in [0.717, 1.165) is 42.4 Å². The standard InChI is InChI=1S/C14H17BrN2O2/c15-12-2-1-11(9-18)13(8-12)17-5-3-10(4-6-17)7-14(16)19/h1-2,8-10H,3-7H2,(H2,16,19). The maximum absolute atomic E-state index is 11.1. The van der Waals surface area contributed by atoms with Crippen molar-refractivity contribution in [2.24, 2.45) is 11.7 Å². The second-order valence-electron chi connectivity index (χ2n) is 4.92. The SMILES string of the molecule is NC(=O)CC1CCN(c2cc(Br)ccc2C=O)CC1. The topological polar surface area (TPSA) is 63.4 Å². The van der Waals surface area contributed by atoms with Crippen molar-refractivity contribution in [3.05, 3.63) is 28.2 Å². The molecular formula is C14H17BrN2O2. The predicted molar refractivity (Wildman–Crippen MR) is 78.3 cm³/mol. The summed E-state index contributed by atoms with van der Waals surface area (Å²) in [5, 5.41) is 0. The second-order valence-corrected chi connectivity index (χ2v) is 5.84. The third kappa shape index (κ3) is 3.56. The number of amides is 1. The number of hydrogen-bond donors (Lipinski definition) is 1. The van der Waals surface area contributed by atoms with Crippen LogP contribution in [0.25, 0.3) is 0 Å². The number of halogens is 1. The van der Waals surface area contributed by atoms with Crippen LogP contribution in [0.1, 0.15) is 29.6 Å². The minimum atomic E-state index is -0.227. The third-order valence-electron chi connectivity index (χ3n) is 3.56. The number of benzene rings is 1. The van der Waals surface area contributed by atoms with Gasteiger partial charge in [-0.1, -0.05) is 15.9 Å². The molecule has 1 saturated heterocycles. The number of carbonyl (C=O) groups excluding carboxylic acids is 2. The second kappa shape index (κ2) is 6.19. The number of piperidine rings is 1. The first-order valence-electron chi connectivity index (χ1n) is 6.38. The molecule has 2 rings (SSSR count). The summed E-state index contributed by atoms with van der Waals surface area (Å²) in [6.07, 6.45) is 3.23. The van der Waals surface area contributed by atoms with Gasteiger partial charge in [-0.15, -0.1) is 0 Å². The number of rotatable bonds is 4. The van der Waals surface area contributed by atoms with Gasteiger partial charge in [0.25, 0.3) is 0 Å². The number of nitrogens with zero attached hydrogens (tertiary/aromatic N) is 1. The van der Waals surface area contributed by atoms with E-state index in [-0.39, 0.29) is 5.91 Å². The van der Waals surface area contributed by atoms with Gasteiger partial charge in [-0.2, -0.15) is 0 Å². The summed E-state index contributed by atoms with van der Waals surface area (Å²) in [4.78, 5) is 24.2. The molecule has 0 unspecified atom stereocenters. The number of nitrogens with two attached hydrogens (primary N) is 1. The molecule has 0 aliphatic carbocycles. The fraction of sp³-hybridized carbons (Fsp3) is 0.429. The van der Waals surface area contributed by atoms with Crippen LogP contribution in [0.4, 0.5) is 5.69 Å². The lowest BCUT2D eigenvalue weighted by Crippen LogP contribution is -2.35. The molecule has 1 fully saturated rings. The van der Waals surface area contributed by atoms with E-state index >= 15 is 0 Å². The summed E-state index contributed by atoms with van der Waals surface area (Å²) in [7, 11) is 0. The van der Waals surface area contributed by atoms with E-state index < -0.39 is 0 Å². The Labute approximate surface area is 121 Å². The number of primary amides is 1. The lowest BCUT2D eigenvalue weighted by atomic mass is 9.93. The largest absolute Gasteiger partial charge is 0.371 e. The monoisotopic (exact) mass is 324 g/mol. The molecule has 1 aromatic rings. The molecule has 0 atom stereocenters. The highest BCUT2D eigenvalue weighted by Crippen LogP contribution is 2.29. The van der Waals surface area contributed by atoms with Gasteiger partial charge in [-0.3, -0.25) is 9.59 Å². The quantitative estimate of drug-likeness (QED) is 0.865. The molecule has 1 heterocycles. The van der Waals surface area contributed by atoms with Gasteiger partial charge >= 0.3 is 0 Å². The van der Waals surface area contributed by atoms with Crippen LogP contribution in [0.2, 0.25) is 0 Å². The molecule has 102 valence electrons. The smallest absolute Gasteiger partial charge is 0.217 e. The zero-order valence-electron chi connectivity index (χ0n) is 10.6. The maximum atomic E-state index is 11.1. The van der Waals surface area contributed by atoms with Gasteiger partial charge in [0.1, 0.15) is 0 Å². The summed E-state index contributed by atoms with van der Waals surface area (Å²) in [6.45, 7) is 1.71. The normalized spacial score (nSPS) is 16.4. The maximum Gasteiger partial charge on any atom is 0.217 e.